The van der Waals surface area contributed by atoms with E-state index in [1.165, 1.54) is 28.1 Å². The molecule has 0 N–H and O–H groups in total. The van der Waals surface area contributed by atoms with Gasteiger partial charge in [0.15, 0.2) is 12.4 Å². The molecule has 0 saturated carbocycles. The van der Waals surface area contributed by atoms with Crippen LogP contribution >= 0.6 is 0 Å². The molecule has 0 spiro atoms. The van der Waals surface area contributed by atoms with Crippen molar-refractivity contribution in [1.29, 1.82) is 0 Å². The van der Waals surface area contributed by atoms with E-state index in [9.17, 15) is 0 Å². The third-order valence-electron chi connectivity index (χ3n) is 4.88. The van der Waals surface area contributed by atoms with Crippen LogP contribution in [0.4, 0.5) is 5.69 Å². The van der Waals surface area contributed by atoms with Crippen LogP contribution in [0.2, 0.25) is 0 Å². The maximum absolute atomic E-state index is 4.33. The van der Waals surface area contributed by atoms with Gasteiger partial charge >= 0.3 is 0 Å². The highest BCUT2D eigenvalue weighted by Crippen LogP contribution is 2.47. The maximum atomic E-state index is 4.33. The quantitative estimate of drug-likeness (QED) is 0.766. The highest BCUT2D eigenvalue weighted by molar-refractivity contribution is 5.75. The molecule has 0 atom stereocenters. The predicted molar refractivity (Wildman–Crippen MR) is 92.9 cm³/mol. The van der Waals surface area contributed by atoms with Crippen LogP contribution in [0.3, 0.4) is 0 Å². The van der Waals surface area contributed by atoms with E-state index in [0.717, 1.165) is 13.1 Å². The number of anilines is 1. The molecule has 2 aromatic rings. The highest BCUT2D eigenvalue weighted by atomic mass is 15.2. The Kier molecular flexibility index (Phi) is 3.56. The first kappa shape index (κ1) is 14.8. The lowest BCUT2D eigenvalue weighted by Gasteiger charge is -2.24. The summed E-state index contributed by atoms with van der Waals surface area (Å²) in [6.07, 6.45) is 4.33. The second kappa shape index (κ2) is 5.28. The summed E-state index contributed by atoms with van der Waals surface area (Å²) >= 11 is 0. The Bertz CT molecular complexity index is 728. The summed E-state index contributed by atoms with van der Waals surface area (Å²) in [5.74, 6) is 0. The molecule has 0 amide bonds. The van der Waals surface area contributed by atoms with Crippen molar-refractivity contribution in [2.75, 3.05) is 11.4 Å². The molecule has 0 bridgehead atoms. The summed E-state index contributed by atoms with van der Waals surface area (Å²) in [7, 11) is 0. The molecule has 0 unspecified atom stereocenters. The molecule has 114 valence electrons. The van der Waals surface area contributed by atoms with Crippen LogP contribution in [0.1, 0.15) is 33.3 Å². The Labute approximate surface area is 133 Å². The molecule has 1 aliphatic rings. The van der Waals surface area contributed by atoms with Crippen molar-refractivity contribution in [2.45, 2.75) is 39.7 Å². The number of allylic oxidation sites excluding steroid dienone is 1. The zero-order valence-corrected chi connectivity index (χ0v) is 14.1. The Morgan fingerprint density at radius 1 is 1.14 bits per heavy atom. The van der Waals surface area contributed by atoms with E-state index in [4.69, 9.17) is 0 Å². The minimum absolute atomic E-state index is 0.00311. The maximum Gasteiger partial charge on any atom is 0.176 e. The largest absolute Gasteiger partial charge is 0.345 e. The smallest absolute Gasteiger partial charge is 0.176 e. The zero-order chi connectivity index (χ0) is 15.9. The summed E-state index contributed by atoms with van der Waals surface area (Å²) in [5, 5.41) is 0. The summed E-state index contributed by atoms with van der Waals surface area (Å²) in [6.45, 7) is 15.2. The minimum atomic E-state index is -0.00311. The molecule has 22 heavy (non-hydrogen) atoms. The van der Waals surface area contributed by atoms with E-state index in [0.29, 0.717) is 0 Å². The first-order valence-corrected chi connectivity index (χ1v) is 8.10. The Morgan fingerprint density at radius 2 is 1.91 bits per heavy atom. The van der Waals surface area contributed by atoms with Gasteiger partial charge in [-0.2, -0.15) is 0 Å². The van der Waals surface area contributed by atoms with Crippen molar-refractivity contribution in [3.05, 3.63) is 60.6 Å². The van der Waals surface area contributed by atoms with Crippen molar-refractivity contribution >= 4 is 5.69 Å². The number of fused-ring (bicyclic) bond motifs is 1. The van der Waals surface area contributed by atoms with Crippen LogP contribution in [0.25, 0.3) is 11.1 Å². The molecule has 2 heteroatoms. The second-order valence-electron chi connectivity index (χ2n) is 6.47. The molecule has 3 rings (SSSR count). The lowest BCUT2D eigenvalue weighted by atomic mass is 9.83. The fraction of sp³-hybridized carbons (Fsp3) is 0.350. The molecule has 0 saturated heterocycles. The lowest BCUT2D eigenvalue weighted by Crippen LogP contribution is -2.30. The number of pyridine rings is 1. The molecule has 1 aromatic heterocycles. The molecular weight excluding hydrogens is 268 g/mol. The van der Waals surface area contributed by atoms with E-state index >= 15 is 0 Å². The summed E-state index contributed by atoms with van der Waals surface area (Å²) in [4.78, 5) is 2.33. The van der Waals surface area contributed by atoms with Gasteiger partial charge in [-0.1, -0.05) is 26.5 Å². The molecule has 2 heterocycles. The monoisotopic (exact) mass is 293 g/mol. The van der Waals surface area contributed by atoms with Crippen LogP contribution in [-0.4, -0.2) is 6.54 Å². The average Bonchev–Trinajstić information content (AvgIpc) is 2.74. The predicted octanol–water partition coefficient (Wildman–Crippen LogP) is 4.29. The van der Waals surface area contributed by atoms with Gasteiger partial charge in [-0.15, -0.1) is 0 Å². The Balaban J connectivity index is 2.12. The third kappa shape index (κ3) is 2.14. The fourth-order valence-electron chi connectivity index (χ4n) is 3.34. The number of nitrogens with zero attached hydrogens (tertiary/aromatic N) is 2. The van der Waals surface area contributed by atoms with E-state index < -0.39 is 0 Å². The van der Waals surface area contributed by atoms with Gasteiger partial charge in [0.2, 0.25) is 0 Å². The van der Waals surface area contributed by atoms with Crippen LogP contribution in [-0.2, 0) is 12.0 Å². The number of aryl methyl sites for hydroxylation is 1. The first-order valence-electron chi connectivity index (χ1n) is 8.10. The summed E-state index contributed by atoms with van der Waals surface area (Å²) in [6, 6.07) is 11.1. The van der Waals surface area contributed by atoms with Crippen molar-refractivity contribution < 1.29 is 4.57 Å². The number of likely N-dealkylation sites (N-methyl/N-ethyl adjacent to an activating group) is 1. The van der Waals surface area contributed by atoms with Crippen molar-refractivity contribution in [1.82, 2.24) is 0 Å². The van der Waals surface area contributed by atoms with Crippen molar-refractivity contribution in [3.63, 3.8) is 0 Å². The summed E-state index contributed by atoms with van der Waals surface area (Å²) < 4.78 is 2.21. The van der Waals surface area contributed by atoms with Crippen LogP contribution in [0.15, 0.2) is 55.0 Å². The van der Waals surface area contributed by atoms with Gasteiger partial charge in [-0.05, 0) is 43.2 Å². The Hall–Kier alpha value is -2.09. The van der Waals surface area contributed by atoms with Gasteiger partial charge in [0, 0.05) is 35.0 Å². The molecular formula is C20H25N2+. The zero-order valence-electron chi connectivity index (χ0n) is 14.1. The summed E-state index contributed by atoms with van der Waals surface area (Å²) in [5.41, 5.74) is 6.42. The fourth-order valence-corrected chi connectivity index (χ4v) is 3.34. The topological polar surface area (TPSA) is 7.12 Å². The first-order chi connectivity index (χ1) is 10.5. The van der Waals surface area contributed by atoms with Gasteiger partial charge in [-0.3, -0.25) is 0 Å². The number of aromatic nitrogens is 1. The van der Waals surface area contributed by atoms with Gasteiger partial charge < -0.3 is 4.90 Å². The van der Waals surface area contributed by atoms with Gasteiger partial charge in [0.05, 0.1) is 0 Å². The standard InChI is InChI=1S/C20H25N2/c1-6-21-12-8-9-17(14-21)16-10-11-19-18(13-16)20(4,5)15(3)22(19)7-2/h8-14H,3,6-7H2,1-2,4-5H3/q+1. The lowest BCUT2D eigenvalue weighted by molar-refractivity contribution is -0.693. The van der Waals surface area contributed by atoms with Crippen molar-refractivity contribution in [3.8, 4) is 11.1 Å². The van der Waals surface area contributed by atoms with Gasteiger partial charge in [0.25, 0.3) is 0 Å². The van der Waals surface area contributed by atoms with Crippen LogP contribution in [0.5, 0.6) is 0 Å². The molecule has 2 nitrogen and oxygen atoms in total. The van der Waals surface area contributed by atoms with Crippen molar-refractivity contribution in [2.24, 2.45) is 0 Å². The minimum Gasteiger partial charge on any atom is -0.345 e. The molecule has 0 fully saturated rings. The Morgan fingerprint density at radius 3 is 2.59 bits per heavy atom. The second-order valence-corrected chi connectivity index (χ2v) is 6.47. The van der Waals surface area contributed by atoms with Gasteiger partial charge in [-0.25, -0.2) is 4.57 Å². The molecule has 0 radical (unpaired) electrons. The number of rotatable bonds is 3. The van der Waals surface area contributed by atoms with Crippen LogP contribution < -0.4 is 9.47 Å². The molecule has 0 aliphatic carbocycles. The van der Waals surface area contributed by atoms with E-state index in [2.05, 4.69) is 86.5 Å². The van der Waals surface area contributed by atoms with Gasteiger partial charge in [0.1, 0.15) is 6.54 Å². The normalized spacial score (nSPS) is 16.0. The third-order valence-corrected chi connectivity index (χ3v) is 4.88. The van der Waals surface area contributed by atoms with Crippen LogP contribution in [0, 0.1) is 0 Å². The molecule has 1 aromatic carbocycles. The average molecular weight is 293 g/mol. The van der Waals surface area contributed by atoms with E-state index in [1.54, 1.807) is 0 Å². The number of benzene rings is 1. The number of hydrogen-bond acceptors (Lipinski definition) is 1. The molecule has 1 aliphatic heterocycles. The highest BCUT2D eigenvalue weighted by Gasteiger charge is 2.38. The van der Waals surface area contributed by atoms with E-state index in [-0.39, 0.29) is 5.41 Å². The van der Waals surface area contributed by atoms with E-state index in [1.807, 2.05) is 0 Å². The SMILES string of the molecule is C=C1N(CC)c2ccc(-c3ccc[n+](CC)c3)cc2C1(C)C. The number of hydrogen-bond donors (Lipinski definition) is 0.